The molecule has 0 aromatic heterocycles. The van der Waals surface area contributed by atoms with Crippen molar-refractivity contribution >= 4 is 29.2 Å². The van der Waals surface area contributed by atoms with Gasteiger partial charge in [0.05, 0.1) is 19.2 Å². The van der Waals surface area contributed by atoms with Gasteiger partial charge >= 0.3 is 6.03 Å². The van der Waals surface area contributed by atoms with Crippen molar-refractivity contribution < 1.29 is 27.9 Å². The standard InChI is InChI=1S/C25H21F2N3O4/c1-34-21-12-10-20(11-13-21)30-24(32)22(14-23(31)28-19-8-6-18(27)7-9-19)29(25(30)33)15-16-2-4-17(26)5-3-16/h2-13,22H,14-15H2,1H3,(H,28,31)/t22-/m0/s1. The molecule has 1 N–H and O–H groups in total. The lowest BCUT2D eigenvalue weighted by molar-refractivity contribution is -0.124. The molecular weight excluding hydrogens is 444 g/mol. The number of amides is 4. The second kappa shape index (κ2) is 9.70. The zero-order chi connectivity index (χ0) is 24.2. The SMILES string of the molecule is COc1ccc(N2C(=O)[C@H](CC(=O)Nc3ccc(F)cc3)N(Cc3ccc(F)cc3)C2=O)cc1. The maximum Gasteiger partial charge on any atom is 0.332 e. The zero-order valence-corrected chi connectivity index (χ0v) is 18.2. The summed E-state index contributed by atoms with van der Waals surface area (Å²) in [6.07, 6.45) is -0.310. The maximum absolute atomic E-state index is 13.3. The third-order valence-corrected chi connectivity index (χ3v) is 5.42. The summed E-state index contributed by atoms with van der Waals surface area (Å²) in [6, 6.07) is 15.4. The van der Waals surface area contributed by atoms with Gasteiger partial charge in [0.15, 0.2) is 0 Å². The van der Waals surface area contributed by atoms with Gasteiger partial charge in [0.25, 0.3) is 5.91 Å². The highest BCUT2D eigenvalue weighted by Crippen LogP contribution is 2.30. The van der Waals surface area contributed by atoms with Crippen LogP contribution < -0.4 is 15.0 Å². The van der Waals surface area contributed by atoms with Gasteiger partial charge in [-0.2, -0.15) is 0 Å². The summed E-state index contributed by atoms with van der Waals surface area (Å²) in [5.74, 6) is -1.40. The largest absolute Gasteiger partial charge is 0.497 e. The van der Waals surface area contributed by atoms with Crippen LogP contribution in [0.1, 0.15) is 12.0 Å². The number of halogens is 2. The van der Waals surface area contributed by atoms with Gasteiger partial charge in [0, 0.05) is 12.2 Å². The molecule has 0 bridgehead atoms. The first kappa shape index (κ1) is 22.9. The van der Waals surface area contributed by atoms with Crippen molar-refractivity contribution in [2.45, 2.75) is 19.0 Å². The lowest BCUT2D eigenvalue weighted by atomic mass is 10.1. The summed E-state index contributed by atoms with van der Waals surface area (Å²) < 4.78 is 31.6. The van der Waals surface area contributed by atoms with Crippen LogP contribution in [0.15, 0.2) is 72.8 Å². The monoisotopic (exact) mass is 465 g/mol. The van der Waals surface area contributed by atoms with Crippen molar-refractivity contribution in [3.63, 3.8) is 0 Å². The van der Waals surface area contributed by atoms with Crippen LogP contribution in [0.3, 0.4) is 0 Å². The van der Waals surface area contributed by atoms with Crippen molar-refractivity contribution in [1.29, 1.82) is 0 Å². The van der Waals surface area contributed by atoms with E-state index >= 15 is 0 Å². The van der Waals surface area contributed by atoms with Crippen molar-refractivity contribution in [2.24, 2.45) is 0 Å². The number of benzene rings is 3. The van der Waals surface area contributed by atoms with Crippen LogP contribution in [0.25, 0.3) is 0 Å². The normalized spacial score (nSPS) is 15.6. The summed E-state index contributed by atoms with van der Waals surface area (Å²) in [5.41, 5.74) is 1.30. The second-order valence-corrected chi connectivity index (χ2v) is 7.68. The lowest BCUT2D eigenvalue weighted by Gasteiger charge is -2.21. The molecule has 0 saturated carbocycles. The van der Waals surface area contributed by atoms with E-state index in [2.05, 4.69) is 5.32 Å². The molecule has 174 valence electrons. The minimum atomic E-state index is -1.08. The van der Waals surface area contributed by atoms with Crippen LogP contribution in [0, 0.1) is 11.6 Å². The molecule has 7 nitrogen and oxygen atoms in total. The minimum Gasteiger partial charge on any atom is -0.497 e. The van der Waals surface area contributed by atoms with E-state index in [0.29, 0.717) is 22.7 Å². The molecule has 0 unspecified atom stereocenters. The third kappa shape index (κ3) is 4.88. The Balaban J connectivity index is 1.59. The summed E-state index contributed by atoms with van der Waals surface area (Å²) in [5, 5.41) is 2.61. The first-order chi connectivity index (χ1) is 16.4. The Morgan fingerprint density at radius 1 is 0.912 bits per heavy atom. The van der Waals surface area contributed by atoms with E-state index < -0.39 is 35.5 Å². The number of urea groups is 1. The minimum absolute atomic E-state index is 0.00596. The average Bonchev–Trinajstić information content (AvgIpc) is 3.06. The number of carbonyl (C=O) groups is 3. The van der Waals surface area contributed by atoms with Crippen LogP contribution in [0.2, 0.25) is 0 Å². The maximum atomic E-state index is 13.3. The highest BCUT2D eigenvalue weighted by atomic mass is 19.1. The molecule has 4 amide bonds. The quantitative estimate of drug-likeness (QED) is 0.527. The number of anilines is 2. The number of methoxy groups -OCH3 is 1. The molecule has 1 aliphatic heterocycles. The molecule has 0 radical (unpaired) electrons. The fourth-order valence-corrected chi connectivity index (χ4v) is 3.69. The predicted molar refractivity (Wildman–Crippen MR) is 121 cm³/mol. The second-order valence-electron chi connectivity index (χ2n) is 7.68. The highest BCUT2D eigenvalue weighted by molar-refractivity contribution is 6.22. The topological polar surface area (TPSA) is 79.0 Å². The van der Waals surface area contributed by atoms with Gasteiger partial charge in [0.1, 0.15) is 23.4 Å². The van der Waals surface area contributed by atoms with Gasteiger partial charge < -0.3 is 15.0 Å². The molecule has 4 rings (SSSR count). The van der Waals surface area contributed by atoms with E-state index in [9.17, 15) is 23.2 Å². The summed E-state index contributed by atoms with van der Waals surface area (Å²) in [4.78, 5) is 41.6. The number of imide groups is 1. The lowest BCUT2D eigenvalue weighted by Crippen LogP contribution is -2.37. The van der Waals surface area contributed by atoms with Crippen LogP contribution in [0.4, 0.5) is 25.0 Å². The smallest absolute Gasteiger partial charge is 0.332 e. The summed E-state index contributed by atoms with van der Waals surface area (Å²) in [6.45, 7) is 0.00596. The van der Waals surface area contributed by atoms with Crippen LogP contribution in [-0.4, -0.2) is 35.9 Å². The Morgan fingerprint density at radius 3 is 2.09 bits per heavy atom. The Kier molecular flexibility index (Phi) is 6.53. The molecule has 0 spiro atoms. The van der Waals surface area contributed by atoms with Crippen LogP contribution >= 0.6 is 0 Å². The van der Waals surface area contributed by atoms with Crippen molar-refractivity contribution in [3.8, 4) is 5.75 Å². The molecule has 0 aliphatic carbocycles. The fraction of sp³-hybridized carbons (Fsp3) is 0.160. The highest BCUT2D eigenvalue weighted by Gasteiger charge is 2.46. The fourth-order valence-electron chi connectivity index (χ4n) is 3.69. The molecule has 1 saturated heterocycles. The average molecular weight is 465 g/mol. The number of rotatable bonds is 7. The first-order valence-electron chi connectivity index (χ1n) is 10.4. The number of ether oxygens (including phenoxy) is 1. The van der Waals surface area contributed by atoms with Crippen molar-refractivity contribution in [2.75, 3.05) is 17.3 Å². The number of hydrogen-bond donors (Lipinski definition) is 1. The first-order valence-corrected chi connectivity index (χ1v) is 10.4. The van der Waals surface area contributed by atoms with E-state index in [1.54, 1.807) is 24.3 Å². The summed E-state index contributed by atoms with van der Waals surface area (Å²) >= 11 is 0. The van der Waals surface area contributed by atoms with Crippen molar-refractivity contribution in [3.05, 3.63) is 90.0 Å². The van der Waals surface area contributed by atoms with Crippen molar-refractivity contribution in [1.82, 2.24) is 4.90 Å². The Labute approximate surface area is 194 Å². The van der Waals surface area contributed by atoms with Gasteiger partial charge in [-0.05, 0) is 66.2 Å². The Bertz CT molecular complexity index is 1200. The van der Waals surface area contributed by atoms with Gasteiger partial charge in [0.2, 0.25) is 5.91 Å². The van der Waals surface area contributed by atoms with E-state index in [-0.39, 0.29) is 13.0 Å². The third-order valence-electron chi connectivity index (χ3n) is 5.42. The number of nitrogens with zero attached hydrogens (tertiary/aromatic N) is 2. The van der Waals surface area contributed by atoms with Gasteiger partial charge in [-0.1, -0.05) is 12.1 Å². The van der Waals surface area contributed by atoms with Gasteiger partial charge in [-0.25, -0.2) is 18.5 Å². The number of nitrogens with one attached hydrogen (secondary N) is 1. The van der Waals surface area contributed by atoms with E-state index in [0.717, 1.165) is 4.90 Å². The van der Waals surface area contributed by atoms with E-state index in [1.165, 1.54) is 60.5 Å². The van der Waals surface area contributed by atoms with Gasteiger partial charge in [-0.15, -0.1) is 0 Å². The molecule has 3 aromatic carbocycles. The Morgan fingerprint density at radius 2 is 1.50 bits per heavy atom. The van der Waals surface area contributed by atoms with E-state index in [4.69, 9.17) is 4.74 Å². The summed E-state index contributed by atoms with van der Waals surface area (Å²) in [7, 11) is 1.50. The molecular formula is C25H21F2N3O4. The molecule has 1 fully saturated rings. The Hall–Kier alpha value is -4.27. The zero-order valence-electron chi connectivity index (χ0n) is 18.2. The number of hydrogen-bond acceptors (Lipinski definition) is 4. The molecule has 1 atom stereocenters. The molecule has 9 heteroatoms. The van der Waals surface area contributed by atoms with Gasteiger partial charge in [-0.3, -0.25) is 9.59 Å². The molecule has 1 heterocycles. The van der Waals surface area contributed by atoms with E-state index in [1.807, 2.05) is 0 Å². The predicted octanol–water partition coefficient (Wildman–Crippen LogP) is 4.34. The molecule has 34 heavy (non-hydrogen) atoms. The van der Waals surface area contributed by atoms with Crippen LogP contribution in [0.5, 0.6) is 5.75 Å². The van der Waals surface area contributed by atoms with Crippen LogP contribution in [-0.2, 0) is 16.1 Å². The molecule has 1 aliphatic rings. The molecule has 3 aromatic rings. The number of carbonyl (C=O) groups excluding carboxylic acids is 3.